The summed E-state index contributed by atoms with van der Waals surface area (Å²) in [6.45, 7) is 4.10. The van der Waals surface area contributed by atoms with Crippen LogP contribution >= 0.6 is 0 Å². The van der Waals surface area contributed by atoms with Crippen LogP contribution < -0.4 is 9.47 Å². The molecule has 172 valence electrons. The third-order valence-electron chi connectivity index (χ3n) is 6.37. The molecule has 34 heavy (non-hydrogen) atoms. The van der Waals surface area contributed by atoms with Gasteiger partial charge >= 0.3 is 0 Å². The Morgan fingerprint density at radius 3 is 2.09 bits per heavy atom. The Bertz CT molecular complexity index is 1200. The highest BCUT2D eigenvalue weighted by Crippen LogP contribution is 2.34. The molecule has 0 bridgehead atoms. The van der Waals surface area contributed by atoms with Crippen LogP contribution in [0.1, 0.15) is 12.8 Å². The maximum atomic E-state index is 6.02. The van der Waals surface area contributed by atoms with E-state index in [-0.39, 0.29) is 0 Å². The second-order valence-corrected chi connectivity index (χ2v) is 8.61. The van der Waals surface area contributed by atoms with E-state index >= 15 is 0 Å². The van der Waals surface area contributed by atoms with Crippen molar-refractivity contribution in [2.45, 2.75) is 12.8 Å². The lowest BCUT2D eigenvalue weighted by Crippen LogP contribution is -2.25. The Morgan fingerprint density at radius 2 is 1.38 bits per heavy atom. The van der Waals surface area contributed by atoms with E-state index in [1.54, 1.807) is 7.11 Å². The third kappa shape index (κ3) is 5.13. The normalized spacial score (nSPS) is 13.7. The number of hydrogen-bond donors (Lipinski definition) is 0. The fourth-order valence-electron chi connectivity index (χ4n) is 4.46. The van der Waals surface area contributed by atoms with Crippen LogP contribution in [0.15, 0.2) is 91.0 Å². The average molecular weight is 451 g/mol. The number of rotatable bonds is 8. The fourth-order valence-corrected chi connectivity index (χ4v) is 4.46. The first-order valence-corrected chi connectivity index (χ1v) is 12.0. The minimum atomic E-state index is 0.720. The maximum absolute atomic E-state index is 6.02. The predicted octanol–water partition coefficient (Wildman–Crippen LogP) is 6.57. The van der Waals surface area contributed by atoms with Crippen LogP contribution in [0.3, 0.4) is 0 Å². The van der Waals surface area contributed by atoms with Crippen molar-refractivity contribution in [2.24, 2.45) is 0 Å². The molecular formula is C30H30N2O2. The van der Waals surface area contributed by atoms with Gasteiger partial charge in [-0.2, -0.15) is 0 Å². The van der Waals surface area contributed by atoms with Crippen LogP contribution in [-0.4, -0.2) is 43.2 Å². The summed E-state index contributed by atoms with van der Waals surface area (Å²) in [6, 6.07) is 31.0. The second-order valence-electron chi connectivity index (χ2n) is 8.61. The van der Waals surface area contributed by atoms with Crippen LogP contribution in [0.4, 0.5) is 0 Å². The maximum Gasteiger partial charge on any atom is 0.119 e. The molecule has 4 heteroatoms. The molecule has 0 aliphatic carbocycles. The average Bonchev–Trinajstić information content (AvgIpc) is 3.43. The summed E-state index contributed by atoms with van der Waals surface area (Å²) < 4.78 is 11.4. The molecule has 0 saturated carbocycles. The van der Waals surface area contributed by atoms with Crippen molar-refractivity contribution in [2.75, 3.05) is 33.4 Å². The molecule has 4 nitrogen and oxygen atoms in total. The Labute approximate surface area is 201 Å². The summed E-state index contributed by atoms with van der Waals surface area (Å²) in [7, 11) is 1.69. The van der Waals surface area contributed by atoms with Crippen molar-refractivity contribution in [3.05, 3.63) is 91.0 Å². The molecule has 1 aliphatic rings. The Balaban J connectivity index is 1.43. The van der Waals surface area contributed by atoms with E-state index in [1.807, 2.05) is 42.5 Å². The highest BCUT2D eigenvalue weighted by atomic mass is 16.5. The first kappa shape index (κ1) is 22.2. The highest BCUT2D eigenvalue weighted by molar-refractivity contribution is 5.83. The summed E-state index contributed by atoms with van der Waals surface area (Å²) in [6.07, 6.45) is 2.61. The quantitative estimate of drug-likeness (QED) is 0.304. The number of benzene rings is 3. The third-order valence-corrected chi connectivity index (χ3v) is 6.37. The standard InChI is InChI=1S/C30H30N2O2/c1-33-26-13-9-23(10-14-26)28-17-18-29(24-7-3-2-4-8-24)31-30(28)25-11-15-27(16-12-25)34-22-21-32-19-5-6-20-32/h2-4,7-18H,5-6,19-22H2,1H3. The molecule has 1 fully saturated rings. The van der Waals surface area contributed by atoms with Crippen LogP contribution in [0.2, 0.25) is 0 Å². The van der Waals surface area contributed by atoms with E-state index < -0.39 is 0 Å². The Kier molecular flexibility index (Phi) is 6.87. The smallest absolute Gasteiger partial charge is 0.119 e. The van der Waals surface area contributed by atoms with E-state index in [9.17, 15) is 0 Å². The van der Waals surface area contributed by atoms with Gasteiger partial charge < -0.3 is 9.47 Å². The summed E-state index contributed by atoms with van der Waals surface area (Å²) in [5, 5.41) is 0. The fraction of sp³-hybridized carbons (Fsp3) is 0.233. The molecule has 0 amide bonds. The van der Waals surface area contributed by atoms with Gasteiger partial charge in [-0.1, -0.05) is 48.5 Å². The molecule has 0 unspecified atom stereocenters. The molecule has 0 N–H and O–H groups in total. The Morgan fingerprint density at radius 1 is 0.706 bits per heavy atom. The zero-order valence-electron chi connectivity index (χ0n) is 19.6. The molecule has 5 rings (SSSR count). The monoisotopic (exact) mass is 450 g/mol. The van der Waals surface area contributed by atoms with E-state index in [0.717, 1.165) is 58.3 Å². The molecule has 0 radical (unpaired) electrons. The van der Waals surface area contributed by atoms with Gasteiger partial charge in [-0.15, -0.1) is 0 Å². The first-order valence-electron chi connectivity index (χ1n) is 12.0. The molecule has 1 aliphatic heterocycles. The number of nitrogens with zero attached hydrogens (tertiary/aromatic N) is 2. The zero-order valence-corrected chi connectivity index (χ0v) is 19.6. The minimum absolute atomic E-state index is 0.720. The summed E-state index contributed by atoms with van der Waals surface area (Å²) >= 11 is 0. The van der Waals surface area contributed by atoms with Crippen LogP contribution in [0.25, 0.3) is 33.6 Å². The van der Waals surface area contributed by atoms with Crippen LogP contribution in [0.5, 0.6) is 11.5 Å². The lowest BCUT2D eigenvalue weighted by molar-refractivity contribution is 0.238. The van der Waals surface area contributed by atoms with Crippen molar-refractivity contribution in [3.63, 3.8) is 0 Å². The topological polar surface area (TPSA) is 34.6 Å². The molecule has 0 spiro atoms. The first-order chi connectivity index (χ1) is 16.8. The number of aromatic nitrogens is 1. The highest BCUT2D eigenvalue weighted by Gasteiger charge is 2.13. The van der Waals surface area contributed by atoms with Crippen molar-refractivity contribution in [3.8, 4) is 45.1 Å². The molecule has 1 aromatic heterocycles. The zero-order chi connectivity index (χ0) is 23.2. The van der Waals surface area contributed by atoms with Gasteiger partial charge in [-0.05, 0) is 74.0 Å². The van der Waals surface area contributed by atoms with Gasteiger partial charge in [0.05, 0.1) is 18.5 Å². The van der Waals surface area contributed by atoms with Gasteiger partial charge in [-0.25, -0.2) is 4.98 Å². The largest absolute Gasteiger partial charge is 0.497 e. The number of likely N-dealkylation sites (tertiary alicyclic amines) is 1. The summed E-state index contributed by atoms with van der Waals surface area (Å²) in [5.74, 6) is 1.74. The van der Waals surface area contributed by atoms with Gasteiger partial charge in [0.25, 0.3) is 0 Å². The van der Waals surface area contributed by atoms with Gasteiger partial charge in [0.1, 0.15) is 18.1 Å². The molecule has 4 aromatic rings. The number of hydrogen-bond acceptors (Lipinski definition) is 4. The van der Waals surface area contributed by atoms with Crippen molar-refractivity contribution in [1.29, 1.82) is 0 Å². The number of ether oxygens (including phenoxy) is 2. The lowest BCUT2D eigenvalue weighted by atomic mass is 9.97. The van der Waals surface area contributed by atoms with Crippen molar-refractivity contribution < 1.29 is 9.47 Å². The van der Waals surface area contributed by atoms with E-state index in [2.05, 4.69) is 53.4 Å². The van der Waals surface area contributed by atoms with Crippen LogP contribution in [0, 0.1) is 0 Å². The van der Waals surface area contributed by atoms with E-state index in [0.29, 0.717) is 0 Å². The molecule has 0 atom stereocenters. The molecule has 3 aromatic carbocycles. The van der Waals surface area contributed by atoms with E-state index in [4.69, 9.17) is 14.5 Å². The SMILES string of the molecule is COc1ccc(-c2ccc(-c3ccccc3)nc2-c2ccc(OCCN3CCCC3)cc2)cc1. The summed E-state index contributed by atoms with van der Waals surface area (Å²) in [4.78, 5) is 7.56. The predicted molar refractivity (Wildman–Crippen MR) is 138 cm³/mol. The molecular weight excluding hydrogens is 420 g/mol. The van der Waals surface area contributed by atoms with Gasteiger partial charge in [-0.3, -0.25) is 4.90 Å². The Hall–Kier alpha value is -3.63. The van der Waals surface area contributed by atoms with Crippen molar-refractivity contribution in [1.82, 2.24) is 9.88 Å². The molecule has 2 heterocycles. The summed E-state index contributed by atoms with van der Waals surface area (Å²) in [5.41, 5.74) is 6.27. The second kappa shape index (κ2) is 10.5. The minimum Gasteiger partial charge on any atom is -0.497 e. The van der Waals surface area contributed by atoms with E-state index in [1.165, 1.54) is 25.9 Å². The van der Waals surface area contributed by atoms with Crippen LogP contribution in [-0.2, 0) is 0 Å². The lowest BCUT2D eigenvalue weighted by Gasteiger charge is -2.15. The van der Waals surface area contributed by atoms with Gasteiger partial charge in [0.2, 0.25) is 0 Å². The van der Waals surface area contributed by atoms with Crippen molar-refractivity contribution >= 4 is 0 Å². The van der Waals surface area contributed by atoms with Gasteiger partial charge in [0.15, 0.2) is 0 Å². The number of pyridine rings is 1. The van der Waals surface area contributed by atoms with Gasteiger partial charge in [0, 0.05) is 23.2 Å². The molecule has 1 saturated heterocycles. The number of methoxy groups -OCH3 is 1.